The summed E-state index contributed by atoms with van der Waals surface area (Å²) in [6.45, 7) is 5.87. The lowest BCUT2D eigenvalue weighted by molar-refractivity contribution is -0.147. The number of hydrogen-bond donors (Lipinski definition) is 17. The predicted octanol–water partition coefficient (Wildman–Crippen LogP) is -5.92. The molecule has 0 saturated carbocycles. The van der Waals surface area contributed by atoms with E-state index in [1.807, 2.05) is 0 Å². The van der Waals surface area contributed by atoms with Crippen LogP contribution in [0.2, 0.25) is 0 Å². The molecule has 1 aromatic rings. The molecule has 34 heteroatoms. The summed E-state index contributed by atoms with van der Waals surface area (Å²) < 4.78 is 0. The zero-order valence-electron chi connectivity index (χ0n) is 45.7. The summed E-state index contributed by atoms with van der Waals surface area (Å²) in [4.78, 5) is 189. The molecule has 1 fully saturated rings. The number of amides is 10. The fourth-order valence-corrected chi connectivity index (χ4v) is 8.64. The van der Waals surface area contributed by atoms with Gasteiger partial charge in [-0.15, -0.1) is 0 Å². The first kappa shape index (κ1) is 70.1. The second-order valence-corrected chi connectivity index (χ2v) is 20.8. The van der Waals surface area contributed by atoms with E-state index in [9.17, 15) is 87.5 Å². The first-order valence-corrected chi connectivity index (χ1v) is 27.3. The summed E-state index contributed by atoms with van der Waals surface area (Å²) in [6.07, 6.45) is -3.23. The van der Waals surface area contributed by atoms with Gasteiger partial charge >= 0.3 is 23.9 Å². The molecule has 0 unspecified atom stereocenters. The molecule has 82 heavy (non-hydrogen) atoms. The number of nitrogens with two attached hydrogens (primary N) is 2. The molecular formula is C48H75N13O20S. The number of aliphatic hydroxyl groups is 2. The summed E-state index contributed by atoms with van der Waals surface area (Å²) in [5.41, 5.74) is 11.3. The number of likely N-dealkylation sites (tertiary alicyclic amines) is 1. The van der Waals surface area contributed by atoms with Crippen molar-refractivity contribution in [2.24, 2.45) is 23.3 Å². The van der Waals surface area contributed by atoms with E-state index in [1.54, 1.807) is 6.26 Å². The van der Waals surface area contributed by atoms with Crippen LogP contribution >= 0.6 is 11.8 Å². The second kappa shape index (κ2) is 34.3. The molecule has 1 saturated heterocycles. The smallest absolute Gasteiger partial charge is 0.305 e. The van der Waals surface area contributed by atoms with Gasteiger partial charge in [-0.2, -0.15) is 11.8 Å². The molecule has 0 spiro atoms. The van der Waals surface area contributed by atoms with Gasteiger partial charge < -0.3 is 94.5 Å². The molecule has 2 rings (SSSR count). The van der Waals surface area contributed by atoms with E-state index in [0.717, 1.165) is 4.90 Å². The first-order valence-electron chi connectivity index (χ1n) is 25.9. The van der Waals surface area contributed by atoms with Crippen LogP contribution in [-0.4, -0.2) is 214 Å². The molecule has 1 aliphatic heterocycles. The number of rotatable bonds is 37. The maximum absolute atomic E-state index is 14.3. The van der Waals surface area contributed by atoms with Crippen molar-refractivity contribution < 1.29 is 97.8 Å². The number of aliphatic hydroxyl groups excluding tert-OH is 1. The van der Waals surface area contributed by atoms with Gasteiger partial charge in [0.1, 0.15) is 48.3 Å². The fraction of sp³-hybridized carbons (Fsp3) is 0.646. The number of thioether (sulfide) groups is 1. The number of carboxylic acids is 4. The van der Waals surface area contributed by atoms with Crippen molar-refractivity contribution in [3.63, 3.8) is 0 Å². The zero-order valence-corrected chi connectivity index (χ0v) is 46.5. The summed E-state index contributed by atoms with van der Waals surface area (Å²) in [6, 6.07) is -16.2. The molecule has 33 nitrogen and oxygen atoms in total. The quantitative estimate of drug-likeness (QED) is 0.0276. The SMILES string of the molecule is CSCC[C@H](NC(=O)[C@@H](NC(=O)[C@@H](N)CC(=O)O)C(C)C)C(=O)N[C@H](C(=O)N[C@@H](CCC(=O)O)C(=O)N1CCC[C@H]1C(=O)N[C@H](C(=O)N[C@@H](CCC(=O)O)C(=O)N[C@@H](Cc1cnc[nH]1)C(=O)N[C@@H](CCC(=O)O)C(N)=O)C(C)C)C(O)O. The van der Waals surface area contributed by atoms with Crippen LogP contribution in [0.5, 0.6) is 0 Å². The van der Waals surface area contributed by atoms with Crippen LogP contribution in [0.3, 0.4) is 0 Å². The van der Waals surface area contributed by atoms with Crippen LogP contribution < -0.4 is 54.0 Å². The van der Waals surface area contributed by atoms with Gasteiger partial charge in [-0.3, -0.25) is 67.1 Å². The first-order chi connectivity index (χ1) is 38.4. The van der Waals surface area contributed by atoms with E-state index in [1.165, 1.54) is 52.0 Å². The third-order valence-corrected chi connectivity index (χ3v) is 13.3. The van der Waals surface area contributed by atoms with Crippen molar-refractivity contribution >= 4 is 94.7 Å². The number of aromatic amines is 1. The van der Waals surface area contributed by atoms with Crippen LogP contribution in [-0.2, 0) is 73.5 Å². The highest BCUT2D eigenvalue weighted by molar-refractivity contribution is 7.98. The summed E-state index contributed by atoms with van der Waals surface area (Å²) >= 11 is 1.23. The number of aliphatic carboxylic acids is 4. The van der Waals surface area contributed by atoms with Gasteiger partial charge in [-0.25, -0.2) is 4.98 Å². The number of primary amides is 1. The molecule has 0 radical (unpaired) electrons. The van der Waals surface area contributed by atoms with Gasteiger partial charge in [0, 0.05) is 44.1 Å². The molecule has 0 aromatic carbocycles. The number of imidazole rings is 1. The average Bonchev–Trinajstić information content (AvgIpc) is 4.10. The minimum absolute atomic E-state index is 0.0480. The molecule has 1 aromatic heterocycles. The minimum Gasteiger partial charge on any atom is -0.481 e. The normalized spacial score (nSPS) is 16.4. The van der Waals surface area contributed by atoms with Crippen LogP contribution in [0.4, 0.5) is 0 Å². The molecule has 10 amide bonds. The van der Waals surface area contributed by atoms with Crippen molar-refractivity contribution in [3.05, 3.63) is 18.2 Å². The Hall–Kier alpha value is -7.98. The molecule has 0 bridgehead atoms. The van der Waals surface area contributed by atoms with E-state index in [2.05, 4.69) is 52.5 Å². The predicted molar refractivity (Wildman–Crippen MR) is 283 cm³/mol. The fourth-order valence-electron chi connectivity index (χ4n) is 8.17. The second-order valence-electron chi connectivity index (χ2n) is 19.8. The molecule has 10 atom stereocenters. The Kier molecular flexibility index (Phi) is 29.4. The van der Waals surface area contributed by atoms with Gasteiger partial charge in [0.15, 0.2) is 12.3 Å². The van der Waals surface area contributed by atoms with Gasteiger partial charge in [0.05, 0.1) is 18.8 Å². The number of aromatic nitrogens is 2. The third kappa shape index (κ3) is 23.6. The number of nitrogens with one attached hydrogen (secondary N) is 9. The highest BCUT2D eigenvalue weighted by Gasteiger charge is 2.42. The Morgan fingerprint density at radius 2 is 1.06 bits per heavy atom. The summed E-state index contributed by atoms with van der Waals surface area (Å²) in [5, 5.41) is 76.6. The van der Waals surface area contributed by atoms with Crippen LogP contribution in [0, 0.1) is 11.8 Å². The lowest BCUT2D eigenvalue weighted by Gasteiger charge is -2.32. The van der Waals surface area contributed by atoms with Crippen molar-refractivity contribution in [2.75, 3.05) is 18.6 Å². The Morgan fingerprint density at radius 3 is 1.55 bits per heavy atom. The largest absolute Gasteiger partial charge is 0.481 e. The molecule has 0 aliphatic carbocycles. The van der Waals surface area contributed by atoms with E-state index in [0.29, 0.717) is 0 Å². The molecule has 2 heterocycles. The molecular weight excluding hydrogens is 1110 g/mol. The summed E-state index contributed by atoms with van der Waals surface area (Å²) in [7, 11) is 0. The van der Waals surface area contributed by atoms with Crippen LogP contribution in [0.25, 0.3) is 0 Å². The van der Waals surface area contributed by atoms with E-state index in [-0.39, 0.29) is 43.7 Å². The number of H-pyrrole nitrogens is 1. The van der Waals surface area contributed by atoms with Gasteiger partial charge in [-0.1, -0.05) is 27.7 Å². The standard InChI is InChI=1S/C48H75N13O20S/c1-21(2)35(58-39(71)24(49)18-34(68)69)44(76)55-27(14-16-82-5)41(73)60-37(48(80)81)46(78)56-28(10-13-33(66)67)47(79)61-15-6-7-30(61)43(75)59-36(22(3)4)45(77)54-26(9-12-32(64)65)40(72)57-29(17-23-19-51-20-52-23)42(74)53-25(38(50)70)8-11-31(62)63/h19-22,24-30,35-37,48,80-81H,6-18,49H2,1-5H3,(H2,50,70)(H,51,52)(H,53,74)(H,54,77)(H,55,76)(H,56,78)(H,57,72)(H,58,71)(H,59,75)(H,60,73)(H,62,63)(H,64,65)(H,66,67)(H,68,69)/t24-,25-,26-,27-,28-,29-,30-,35-,36-,37+/m0/s1. The number of carbonyl (C=O) groups excluding carboxylic acids is 10. The highest BCUT2D eigenvalue weighted by atomic mass is 32.2. The Labute approximate surface area is 473 Å². The Balaban J connectivity index is 2.38. The lowest BCUT2D eigenvalue weighted by atomic mass is 10.0. The number of carboxylic acid groups (broad SMARTS) is 4. The van der Waals surface area contributed by atoms with Gasteiger partial charge in [0.2, 0.25) is 59.1 Å². The Bertz CT molecular complexity index is 2450. The van der Waals surface area contributed by atoms with Crippen molar-refractivity contribution in [2.45, 2.75) is 165 Å². The number of hydrogen-bond acceptors (Lipinski definition) is 19. The monoisotopic (exact) mass is 1190 g/mol. The third-order valence-electron chi connectivity index (χ3n) is 12.6. The Morgan fingerprint density at radius 1 is 0.610 bits per heavy atom. The molecule has 1 aliphatic rings. The highest BCUT2D eigenvalue weighted by Crippen LogP contribution is 2.21. The van der Waals surface area contributed by atoms with E-state index < -0.39 is 206 Å². The lowest BCUT2D eigenvalue weighted by Crippen LogP contribution is -2.62. The number of nitrogens with zero attached hydrogens (tertiary/aromatic N) is 2. The maximum atomic E-state index is 14.3. The molecule has 458 valence electrons. The van der Waals surface area contributed by atoms with Crippen molar-refractivity contribution in [1.29, 1.82) is 0 Å². The van der Waals surface area contributed by atoms with Gasteiger partial charge in [0.25, 0.3) is 0 Å². The van der Waals surface area contributed by atoms with Crippen molar-refractivity contribution in [3.8, 4) is 0 Å². The minimum atomic E-state index is -2.69. The van der Waals surface area contributed by atoms with Crippen molar-refractivity contribution in [1.82, 2.24) is 57.4 Å². The van der Waals surface area contributed by atoms with Crippen LogP contribution in [0.15, 0.2) is 12.5 Å². The average molecular weight is 1190 g/mol. The van der Waals surface area contributed by atoms with Crippen LogP contribution in [0.1, 0.15) is 97.6 Å². The number of carbonyl (C=O) groups is 14. The molecule has 19 N–H and O–H groups in total. The topological polar surface area (TPSA) is 541 Å². The maximum Gasteiger partial charge on any atom is 0.305 e. The van der Waals surface area contributed by atoms with E-state index >= 15 is 0 Å². The summed E-state index contributed by atoms with van der Waals surface area (Å²) in [5.74, 6) is -17.5. The van der Waals surface area contributed by atoms with E-state index in [4.69, 9.17) is 21.7 Å². The van der Waals surface area contributed by atoms with Gasteiger partial charge in [-0.05, 0) is 62.4 Å². The zero-order chi connectivity index (χ0) is 62.1.